The monoisotopic (exact) mass is 401 g/mol. The number of sulfonamides is 1. The molecule has 136 valence electrons. The lowest BCUT2D eigenvalue weighted by atomic mass is 9.87. The van der Waals surface area contributed by atoms with Crippen LogP contribution < -0.4 is 9.46 Å². The zero-order chi connectivity index (χ0) is 18.8. The summed E-state index contributed by atoms with van der Waals surface area (Å²) in [6.45, 7) is 6.53. The lowest BCUT2D eigenvalue weighted by Crippen LogP contribution is -2.23. The Morgan fingerprint density at radius 3 is 2.12 bits per heavy atom. The van der Waals surface area contributed by atoms with Gasteiger partial charge in [0.05, 0.1) is 12.1 Å². The topological polar surface area (TPSA) is 55.4 Å². The quantitative estimate of drug-likeness (QED) is 0.783. The van der Waals surface area contributed by atoms with Crippen molar-refractivity contribution in [2.24, 2.45) is 0 Å². The molecular formula is C18H21Cl2NO3S. The molecule has 25 heavy (non-hydrogen) atoms. The minimum atomic E-state index is -3.80. The van der Waals surface area contributed by atoms with Gasteiger partial charge >= 0.3 is 0 Å². The molecule has 0 bridgehead atoms. The van der Waals surface area contributed by atoms with E-state index in [4.69, 9.17) is 27.9 Å². The zero-order valence-corrected chi connectivity index (χ0v) is 16.9. The van der Waals surface area contributed by atoms with Crippen molar-refractivity contribution in [3.8, 4) is 5.75 Å². The molecule has 7 heteroatoms. The van der Waals surface area contributed by atoms with Crippen LogP contribution >= 0.6 is 23.2 Å². The van der Waals surface area contributed by atoms with E-state index in [9.17, 15) is 8.42 Å². The summed E-state index contributed by atoms with van der Waals surface area (Å²) in [6, 6.07) is 10.7. The van der Waals surface area contributed by atoms with Crippen LogP contribution in [-0.4, -0.2) is 15.5 Å². The second-order valence-electron chi connectivity index (χ2n) is 6.67. The molecule has 0 radical (unpaired) electrons. The van der Waals surface area contributed by atoms with Gasteiger partial charge in [0.15, 0.2) is 0 Å². The van der Waals surface area contributed by atoms with E-state index in [0.717, 1.165) is 5.56 Å². The summed E-state index contributed by atoms with van der Waals surface area (Å²) in [5.41, 5.74) is 2.09. The maximum Gasteiger partial charge on any atom is 0.242 e. The largest absolute Gasteiger partial charge is 0.495 e. The van der Waals surface area contributed by atoms with Gasteiger partial charge in [0.25, 0.3) is 0 Å². The Labute approximate surface area is 159 Å². The van der Waals surface area contributed by atoms with Gasteiger partial charge in [0.1, 0.15) is 15.7 Å². The Bertz CT molecular complexity index is 857. The molecule has 0 aliphatic carbocycles. The maximum absolute atomic E-state index is 12.5. The normalized spacial score (nSPS) is 12.2. The van der Waals surface area contributed by atoms with Crippen molar-refractivity contribution in [1.82, 2.24) is 4.72 Å². The Hall–Kier alpha value is -1.27. The minimum absolute atomic E-state index is 0.0470. The third kappa shape index (κ3) is 4.67. The standard InChI is InChI=1S/C18H21Cl2NO3S/c1-18(2,3)13-7-5-12(6-8-13)11-21-25(22,23)15-10-9-14(24-4)16(19)17(15)20/h5-10,21H,11H2,1-4H3. The fourth-order valence-electron chi connectivity index (χ4n) is 2.26. The average Bonchev–Trinajstić information content (AvgIpc) is 2.55. The summed E-state index contributed by atoms with van der Waals surface area (Å²) < 4.78 is 32.6. The molecule has 0 aromatic heterocycles. The zero-order valence-electron chi connectivity index (χ0n) is 14.6. The van der Waals surface area contributed by atoms with Gasteiger partial charge < -0.3 is 4.74 Å². The summed E-state index contributed by atoms with van der Waals surface area (Å²) in [4.78, 5) is -0.0775. The highest BCUT2D eigenvalue weighted by molar-refractivity contribution is 7.89. The predicted molar refractivity (Wildman–Crippen MR) is 102 cm³/mol. The summed E-state index contributed by atoms with van der Waals surface area (Å²) in [6.07, 6.45) is 0. The van der Waals surface area contributed by atoms with Crippen LogP contribution in [-0.2, 0) is 22.0 Å². The van der Waals surface area contributed by atoms with Crippen molar-refractivity contribution in [2.45, 2.75) is 37.6 Å². The molecule has 0 unspecified atom stereocenters. The molecule has 0 saturated heterocycles. The molecule has 2 rings (SSSR count). The molecule has 0 spiro atoms. The molecular weight excluding hydrogens is 381 g/mol. The van der Waals surface area contributed by atoms with E-state index < -0.39 is 10.0 Å². The van der Waals surface area contributed by atoms with Crippen LogP contribution in [0.15, 0.2) is 41.3 Å². The van der Waals surface area contributed by atoms with Crippen LogP contribution in [0.1, 0.15) is 31.9 Å². The number of methoxy groups -OCH3 is 1. The molecule has 4 nitrogen and oxygen atoms in total. The van der Waals surface area contributed by atoms with Gasteiger partial charge in [-0.1, -0.05) is 68.2 Å². The van der Waals surface area contributed by atoms with E-state index in [1.54, 1.807) is 0 Å². The molecule has 0 heterocycles. The summed E-state index contributed by atoms with van der Waals surface area (Å²) in [5, 5.41) is 0.0122. The highest BCUT2D eigenvalue weighted by Gasteiger charge is 2.21. The van der Waals surface area contributed by atoms with E-state index in [-0.39, 0.29) is 26.9 Å². The van der Waals surface area contributed by atoms with Crippen LogP contribution in [0.25, 0.3) is 0 Å². The molecule has 2 aromatic carbocycles. The predicted octanol–water partition coefficient (Wildman–Crippen LogP) is 4.78. The third-order valence-corrected chi connectivity index (χ3v) is 6.23. The summed E-state index contributed by atoms with van der Waals surface area (Å²) in [7, 11) is -2.36. The van der Waals surface area contributed by atoms with E-state index in [0.29, 0.717) is 5.75 Å². The van der Waals surface area contributed by atoms with Crippen molar-refractivity contribution in [1.29, 1.82) is 0 Å². The second kappa shape index (κ2) is 7.54. The van der Waals surface area contributed by atoms with Crippen LogP contribution in [0.5, 0.6) is 5.75 Å². The number of hydrogen-bond acceptors (Lipinski definition) is 3. The SMILES string of the molecule is COc1ccc(S(=O)(=O)NCc2ccc(C(C)(C)C)cc2)c(Cl)c1Cl. The molecule has 2 aromatic rings. The van der Waals surface area contributed by atoms with Crippen LogP contribution in [0.2, 0.25) is 10.0 Å². The van der Waals surface area contributed by atoms with Crippen molar-refractivity contribution < 1.29 is 13.2 Å². The average molecular weight is 402 g/mol. The molecule has 0 amide bonds. The smallest absolute Gasteiger partial charge is 0.242 e. The highest BCUT2D eigenvalue weighted by Crippen LogP contribution is 2.36. The maximum atomic E-state index is 12.5. The van der Waals surface area contributed by atoms with Crippen LogP contribution in [0.4, 0.5) is 0 Å². The highest BCUT2D eigenvalue weighted by atomic mass is 35.5. The van der Waals surface area contributed by atoms with Gasteiger partial charge in [0.2, 0.25) is 10.0 Å². The first-order chi connectivity index (χ1) is 11.6. The minimum Gasteiger partial charge on any atom is -0.495 e. The Morgan fingerprint density at radius 1 is 1.00 bits per heavy atom. The van der Waals surface area contributed by atoms with E-state index in [1.807, 2.05) is 24.3 Å². The number of nitrogens with one attached hydrogen (secondary N) is 1. The van der Waals surface area contributed by atoms with Crippen LogP contribution in [0.3, 0.4) is 0 Å². The Balaban J connectivity index is 2.19. The second-order valence-corrected chi connectivity index (χ2v) is 9.16. The van der Waals surface area contributed by atoms with Crippen molar-refractivity contribution in [3.05, 3.63) is 57.6 Å². The number of hydrogen-bond donors (Lipinski definition) is 1. The molecule has 0 aliphatic rings. The first-order valence-corrected chi connectivity index (χ1v) is 9.91. The van der Waals surface area contributed by atoms with Crippen LogP contribution in [0, 0.1) is 0 Å². The van der Waals surface area contributed by atoms with Crippen molar-refractivity contribution in [2.75, 3.05) is 7.11 Å². The summed E-state index contributed by atoms with van der Waals surface area (Å²) >= 11 is 12.1. The third-order valence-electron chi connectivity index (χ3n) is 3.81. The number of halogens is 2. The molecule has 0 fully saturated rings. The van der Waals surface area contributed by atoms with E-state index >= 15 is 0 Å². The first kappa shape index (κ1) is 20.0. The van der Waals surface area contributed by atoms with Gasteiger partial charge in [-0.3, -0.25) is 0 Å². The Morgan fingerprint density at radius 2 is 1.60 bits per heavy atom. The van der Waals surface area contributed by atoms with Gasteiger partial charge in [-0.05, 0) is 28.7 Å². The number of benzene rings is 2. The molecule has 0 saturated carbocycles. The molecule has 0 atom stereocenters. The van der Waals surface area contributed by atoms with Gasteiger partial charge in [-0.25, -0.2) is 13.1 Å². The lowest BCUT2D eigenvalue weighted by Gasteiger charge is -2.19. The van der Waals surface area contributed by atoms with E-state index in [1.165, 1.54) is 24.8 Å². The fraction of sp³-hybridized carbons (Fsp3) is 0.333. The van der Waals surface area contributed by atoms with Crippen molar-refractivity contribution >= 4 is 33.2 Å². The van der Waals surface area contributed by atoms with E-state index in [2.05, 4.69) is 25.5 Å². The summed E-state index contributed by atoms with van der Waals surface area (Å²) in [5.74, 6) is 0.323. The number of rotatable bonds is 5. The van der Waals surface area contributed by atoms with Gasteiger partial charge in [0, 0.05) is 6.54 Å². The van der Waals surface area contributed by atoms with Crippen molar-refractivity contribution in [3.63, 3.8) is 0 Å². The lowest BCUT2D eigenvalue weighted by molar-refractivity contribution is 0.414. The Kier molecular flexibility index (Phi) is 6.05. The molecule has 1 N–H and O–H groups in total. The fourth-order valence-corrected chi connectivity index (χ4v) is 4.11. The number of ether oxygens (including phenoxy) is 1. The first-order valence-electron chi connectivity index (χ1n) is 7.67. The van der Waals surface area contributed by atoms with Gasteiger partial charge in [-0.15, -0.1) is 0 Å². The van der Waals surface area contributed by atoms with Gasteiger partial charge in [-0.2, -0.15) is 0 Å². The molecule has 0 aliphatic heterocycles.